The summed E-state index contributed by atoms with van der Waals surface area (Å²) in [7, 11) is 0. The van der Waals surface area contributed by atoms with Crippen molar-refractivity contribution in [3.63, 3.8) is 0 Å². The third kappa shape index (κ3) is 2.45. The molecule has 2 rings (SSSR count). The zero-order valence-corrected chi connectivity index (χ0v) is 9.78. The maximum Gasteiger partial charge on any atom is 0.323 e. The van der Waals surface area contributed by atoms with E-state index in [2.05, 4.69) is 16.8 Å². The van der Waals surface area contributed by atoms with E-state index in [1.165, 1.54) is 0 Å². The molecule has 0 saturated carbocycles. The first kappa shape index (κ1) is 12.0. The Bertz CT molecular complexity index is 578. The van der Waals surface area contributed by atoms with Crippen molar-refractivity contribution in [1.29, 1.82) is 0 Å². The van der Waals surface area contributed by atoms with Crippen LogP contribution < -0.4 is 4.90 Å². The number of nitrogens with zero attached hydrogens (tertiary/aromatic N) is 3. The van der Waals surface area contributed by atoms with Gasteiger partial charge in [0.1, 0.15) is 6.54 Å². The number of aromatic nitrogens is 2. The molecule has 0 saturated heterocycles. The van der Waals surface area contributed by atoms with E-state index in [0.29, 0.717) is 6.54 Å². The number of aliphatic carboxylic acids is 1. The van der Waals surface area contributed by atoms with Gasteiger partial charge in [0.05, 0.1) is 17.4 Å². The van der Waals surface area contributed by atoms with Crippen LogP contribution in [0.5, 0.6) is 0 Å². The Morgan fingerprint density at radius 2 is 2.22 bits per heavy atom. The molecule has 0 radical (unpaired) electrons. The van der Waals surface area contributed by atoms with Crippen LogP contribution in [-0.4, -0.2) is 34.4 Å². The molecule has 0 amide bonds. The Balaban J connectivity index is 2.49. The molecule has 0 unspecified atom stereocenters. The van der Waals surface area contributed by atoms with Crippen molar-refractivity contribution < 1.29 is 9.90 Å². The van der Waals surface area contributed by atoms with Crippen molar-refractivity contribution in [2.24, 2.45) is 0 Å². The Morgan fingerprint density at radius 1 is 1.44 bits per heavy atom. The molecule has 2 aromatic rings. The minimum absolute atomic E-state index is 0.0955. The largest absolute Gasteiger partial charge is 0.480 e. The monoisotopic (exact) mass is 243 g/mol. The Hall–Kier alpha value is -2.43. The van der Waals surface area contributed by atoms with Crippen LogP contribution in [0.4, 0.5) is 5.69 Å². The summed E-state index contributed by atoms with van der Waals surface area (Å²) in [6, 6.07) is 7.51. The summed E-state index contributed by atoms with van der Waals surface area (Å²) in [4.78, 5) is 12.6. The van der Waals surface area contributed by atoms with Crippen LogP contribution in [0.3, 0.4) is 0 Å². The second-order valence-corrected chi connectivity index (χ2v) is 3.81. The molecule has 1 N–H and O–H groups in total. The fourth-order valence-electron chi connectivity index (χ4n) is 1.81. The van der Waals surface area contributed by atoms with Gasteiger partial charge in [-0.25, -0.2) is 0 Å². The molecular weight excluding hydrogens is 230 g/mol. The number of benzene rings is 1. The maximum absolute atomic E-state index is 10.9. The summed E-state index contributed by atoms with van der Waals surface area (Å²) >= 11 is 0. The summed E-state index contributed by atoms with van der Waals surface area (Å²) < 4.78 is 0. The minimum atomic E-state index is -0.891. The summed E-state index contributed by atoms with van der Waals surface area (Å²) in [5, 5.41) is 17.7. The molecule has 0 spiro atoms. The second-order valence-electron chi connectivity index (χ2n) is 3.81. The molecule has 5 heteroatoms. The van der Waals surface area contributed by atoms with Gasteiger partial charge in [-0.05, 0) is 6.07 Å². The van der Waals surface area contributed by atoms with E-state index in [-0.39, 0.29) is 6.54 Å². The zero-order valence-electron chi connectivity index (χ0n) is 9.78. The maximum atomic E-state index is 10.9. The lowest BCUT2D eigenvalue weighted by molar-refractivity contribution is -0.135. The van der Waals surface area contributed by atoms with Gasteiger partial charge in [0.15, 0.2) is 0 Å². The highest BCUT2D eigenvalue weighted by molar-refractivity contribution is 5.92. The highest BCUT2D eigenvalue weighted by atomic mass is 16.4. The minimum Gasteiger partial charge on any atom is -0.480 e. The van der Waals surface area contributed by atoms with Crippen LogP contribution in [0.2, 0.25) is 0 Å². The first-order valence-electron chi connectivity index (χ1n) is 5.50. The van der Waals surface area contributed by atoms with Gasteiger partial charge in [-0.2, -0.15) is 10.2 Å². The van der Waals surface area contributed by atoms with Crippen molar-refractivity contribution >= 4 is 22.6 Å². The number of carbonyl (C=O) groups is 1. The molecule has 18 heavy (non-hydrogen) atoms. The smallest absolute Gasteiger partial charge is 0.323 e. The van der Waals surface area contributed by atoms with Crippen LogP contribution in [0.15, 0.2) is 43.1 Å². The zero-order chi connectivity index (χ0) is 13.0. The van der Waals surface area contributed by atoms with E-state index in [4.69, 9.17) is 5.11 Å². The second kappa shape index (κ2) is 5.27. The first-order valence-corrected chi connectivity index (χ1v) is 5.50. The van der Waals surface area contributed by atoms with E-state index in [9.17, 15) is 4.79 Å². The molecule has 0 bridgehead atoms. The van der Waals surface area contributed by atoms with Crippen LogP contribution in [-0.2, 0) is 4.79 Å². The molecule has 0 fully saturated rings. The highest BCUT2D eigenvalue weighted by Crippen LogP contribution is 2.23. The van der Waals surface area contributed by atoms with Gasteiger partial charge in [0, 0.05) is 11.9 Å². The molecular formula is C13H13N3O2. The lowest BCUT2D eigenvalue weighted by Gasteiger charge is -2.21. The number of hydrogen-bond donors (Lipinski definition) is 1. The van der Waals surface area contributed by atoms with Crippen LogP contribution in [0, 0.1) is 0 Å². The first-order chi connectivity index (χ1) is 8.72. The fourth-order valence-corrected chi connectivity index (χ4v) is 1.81. The average Bonchev–Trinajstić information content (AvgIpc) is 2.37. The van der Waals surface area contributed by atoms with Crippen LogP contribution in [0.25, 0.3) is 10.9 Å². The summed E-state index contributed by atoms with van der Waals surface area (Å²) in [5.41, 5.74) is 1.50. The molecule has 0 aliphatic carbocycles. The van der Waals surface area contributed by atoms with Crippen molar-refractivity contribution in [3.8, 4) is 0 Å². The molecule has 0 aliphatic rings. The summed E-state index contributed by atoms with van der Waals surface area (Å²) in [5.74, 6) is -0.891. The van der Waals surface area contributed by atoms with E-state index in [0.717, 1.165) is 16.6 Å². The van der Waals surface area contributed by atoms with Crippen molar-refractivity contribution in [2.45, 2.75) is 0 Å². The fraction of sp³-hybridized carbons (Fsp3) is 0.154. The standard InChI is InChI=1S/C13H13N3O2/c1-2-7-16(9-13(17)18)12-8-14-15-11-6-4-3-5-10(11)12/h2-6,8H,1,7,9H2,(H,17,18). The number of anilines is 1. The Labute approximate surface area is 104 Å². The van der Waals surface area contributed by atoms with Crippen molar-refractivity contribution in [2.75, 3.05) is 18.0 Å². The van der Waals surface area contributed by atoms with Gasteiger partial charge in [-0.1, -0.05) is 24.3 Å². The van der Waals surface area contributed by atoms with Gasteiger partial charge in [-0.3, -0.25) is 4.79 Å². The van der Waals surface area contributed by atoms with Crippen LogP contribution in [0.1, 0.15) is 0 Å². The van der Waals surface area contributed by atoms with Gasteiger partial charge in [-0.15, -0.1) is 6.58 Å². The normalized spacial score (nSPS) is 10.2. The Kier molecular flexibility index (Phi) is 3.52. The predicted molar refractivity (Wildman–Crippen MR) is 69.6 cm³/mol. The SMILES string of the molecule is C=CCN(CC(=O)O)c1cnnc2ccccc12. The van der Waals surface area contributed by atoms with Gasteiger partial charge in [0.2, 0.25) is 0 Å². The van der Waals surface area contributed by atoms with Crippen molar-refractivity contribution in [3.05, 3.63) is 43.1 Å². The topological polar surface area (TPSA) is 66.3 Å². The average molecular weight is 243 g/mol. The van der Waals surface area contributed by atoms with E-state index < -0.39 is 5.97 Å². The Morgan fingerprint density at radius 3 is 2.94 bits per heavy atom. The quantitative estimate of drug-likeness (QED) is 0.810. The van der Waals surface area contributed by atoms with E-state index >= 15 is 0 Å². The molecule has 1 heterocycles. The molecule has 5 nitrogen and oxygen atoms in total. The highest BCUT2D eigenvalue weighted by Gasteiger charge is 2.12. The number of rotatable bonds is 5. The summed E-state index contributed by atoms with van der Waals surface area (Å²) in [6.45, 7) is 3.99. The van der Waals surface area contributed by atoms with E-state index in [1.54, 1.807) is 17.2 Å². The molecule has 0 aliphatic heterocycles. The molecule has 92 valence electrons. The van der Waals surface area contributed by atoms with E-state index in [1.807, 2.05) is 24.3 Å². The number of hydrogen-bond acceptors (Lipinski definition) is 4. The predicted octanol–water partition coefficient (Wildman–Crippen LogP) is 1.71. The number of carboxylic acids is 1. The van der Waals surface area contributed by atoms with Gasteiger partial charge in [0.25, 0.3) is 0 Å². The van der Waals surface area contributed by atoms with Gasteiger partial charge >= 0.3 is 5.97 Å². The molecule has 1 aromatic carbocycles. The van der Waals surface area contributed by atoms with Gasteiger partial charge < -0.3 is 10.0 Å². The lowest BCUT2D eigenvalue weighted by Crippen LogP contribution is -2.30. The summed E-state index contributed by atoms with van der Waals surface area (Å²) in [6.07, 6.45) is 3.24. The third-order valence-corrected chi connectivity index (χ3v) is 2.54. The molecule has 1 aromatic heterocycles. The third-order valence-electron chi connectivity index (χ3n) is 2.54. The molecule has 0 atom stereocenters. The number of carboxylic acid groups (broad SMARTS) is 1. The lowest BCUT2D eigenvalue weighted by atomic mass is 10.2. The van der Waals surface area contributed by atoms with Crippen molar-refractivity contribution in [1.82, 2.24) is 10.2 Å². The van der Waals surface area contributed by atoms with Crippen LogP contribution >= 0.6 is 0 Å². The number of fused-ring (bicyclic) bond motifs is 1.